The van der Waals surface area contributed by atoms with Crippen molar-refractivity contribution in [2.75, 3.05) is 12.4 Å². The number of rotatable bonds is 3. The molecule has 1 aliphatic heterocycles. The zero-order chi connectivity index (χ0) is 19.3. The molecule has 5 heteroatoms. The minimum atomic E-state index is -0.354. The Morgan fingerprint density at radius 3 is 2.75 bits per heavy atom. The van der Waals surface area contributed by atoms with Crippen LogP contribution in [0.3, 0.4) is 0 Å². The van der Waals surface area contributed by atoms with Crippen molar-refractivity contribution in [1.29, 1.82) is 0 Å². The molecule has 2 aliphatic rings. The largest absolute Gasteiger partial charge is 0.494 e. The molecule has 0 spiro atoms. The van der Waals surface area contributed by atoms with Crippen molar-refractivity contribution < 1.29 is 9.66 Å². The first kappa shape index (κ1) is 16.8. The van der Waals surface area contributed by atoms with Gasteiger partial charge in [-0.15, -0.1) is 0 Å². The summed E-state index contributed by atoms with van der Waals surface area (Å²) in [5.74, 6) is 0.965. The summed E-state index contributed by atoms with van der Waals surface area (Å²) < 4.78 is 5.53. The Labute approximate surface area is 162 Å². The minimum absolute atomic E-state index is 0.0695. The molecule has 1 N–H and O–H groups in total. The molecule has 1 aliphatic carbocycles. The number of nitro benzene ring substituents is 1. The number of ether oxygens (including phenoxy) is 1. The summed E-state index contributed by atoms with van der Waals surface area (Å²) in [4.78, 5) is 11.0. The first-order valence-corrected chi connectivity index (χ1v) is 9.44. The monoisotopic (exact) mass is 372 g/mol. The Kier molecular flexibility index (Phi) is 3.83. The number of benzene rings is 3. The summed E-state index contributed by atoms with van der Waals surface area (Å²) in [6, 6.07) is 18.1. The Morgan fingerprint density at radius 1 is 1.11 bits per heavy atom. The van der Waals surface area contributed by atoms with Crippen molar-refractivity contribution in [2.45, 2.75) is 18.4 Å². The lowest BCUT2D eigenvalue weighted by molar-refractivity contribution is -0.385. The van der Waals surface area contributed by atoms with Gasteiger partial charge < -0.3 is 10.1 Å². The van der Waals surface area contributed by atoms with Gasteiger partial charge in [0.15, 0.2) is 0 Å². The van der Waals surface area contributed by atoms with Gasteiger partial charge in [0.1, 0.15) is 5.75 Å². The van der Waals surface area contributed by atoms with Gasteiger partial charge in [0.25, 0.3) is 5.69 Å². The lowest BCUT2D eigenvalue weighted by Gasteiger charge is -2.38. The number of non-ortho nitro benzene ring substituents is 1. The number of allylic oxidation sites excluding steroid dienone is 2. The summed E-state index contributed by atoms with van der Waals surface area (Å²) in [5, 5.41) is 17.5. The molecule has 0 unspecified atom stereocenters. The fraction of sp³-hybridized carbons (Fsp3) is 0.217. The summed E-state index contributed by atoms with van der Waals surface area (Å²) in [7, 11) is 1.56. The normalized spacial score (nSPS) is 22.4. The fourth-order valence-corrected chi connectivity index (χ4v) is 4.75. The van der Waals surface area contributed by atoms with Gasteiger partial charge in [-0.2, -0.15) is 0 Å². The van der Waals surface area contributed by atoms with Crippen LogP contribution in [-0.2, 0) is 0 Å². The topological polar surface area (TPSA) is 64.4 Å². The molecule has 3 atom stereocenters. The zero-order valence-electron chi connectivity index (χ0n) is 15.5. The van der Waals surface area contributed by atoms with Crippen LogP contribution in [0.5, 0.6) is 5.75 Å². The van der Waals surface area contributed by atoms with Gasteiger partial charge in [-0.05, 0) is 34.2 Å². The van der Waals surface area contributed by atoms with Crippen LogP contribution in [0.25, 0.3) is 10.8 Å². The molecule has 0 aromatic heterocycles. The Balaban J connectivity index is 1.69. The van der Waals surface area contributed by atoms with Crippen LogP contribution in [0.2, 0.25) is 0 Å². The van der Waals surface area contributed by atoms with Crippen LogP contribution in [0, 0.1) is 16.0 Å². The van der Waals surface area contributed by atoms with Crippen LogP contribution < -0.4 is 10.1 Å². The molecule has 5 rings (SSSR count). The maximum atomic E-state index is 11.4. The lowest BCUT2D eigenvalue weighted by Crippen LogP contribution is -2.29. The molecule has 140 valence electrons. The molecule has 0 amide bonds. The first-order valence-electron chi connectivity index (χ1n) is 9.44. The molecule has 1 heterocycles. The van der Waals surface area contributed by atoms with Gasteiger partial charge in [-0.25, -0.2) is 0 Å². The number of anilines is 1. The van der Waals surface area contributed by atoms with Crippen LogP contribution in [-0.4, -0.2) is 12.0 Å². The second kappa shape index (κ2) is 6.37. The molecular weight excluding hydrogens is 352 g/mol. The van der Waals surface area contributed by atoms with E-state index in [1.54, 1.807) is 13.2 Å². The smallest absolute Gasteiger partial charge is 0.273 e. The Bertz CT molecular complexity index is 1120. The maximum absolute atomic E-state index is 11.4. The SMILES string of the molecule is COc1cc([N+](=O)[O-])cc2c1N[C@H](c1cccc3ccccc13)[C@@H]1CC=C[C@H]21. The maximum Gasteiger partial charge on any atom is 0.273 e. The highest BCUT2D eigenvalue weighted by atomic mass is 16.6. The second-order valence-electron chi connectivity index (χ2n) is 7.41. The number of hydrogen-bond acceptors (Lipinski definition) is 4. The highest BCUT2D eigenvalue weighted by Gasteiger charge is 2.40. The number of hydrogen-bond donors (Lipinski definition) is 1. The van der Waals surface area contributed by atoms with Gasteiger partial charge in [-0.3, -0.25) is 10.1 Å². The van der Waals surface area contributed by atoms with E-state index in [1.807, 2.05) is 0 Å². The summed E-state index contributed by atoms with van der Waals surface area (Å²) in [5.41, 5.74) is 3.13. The summed E-state index contributed by atoms with van der Waals surface area (Å²) in [6.45, 7) is 0. The number of nitrogens with one attached hydrogen (secondary N) is 1. The van der Waals surface area contributed by atoms with E-state index < -0.39 is 0 Å². The van der Waals surface area contributed by atoms with Gasteiger partial charge in [-0.1, -0.05) is 54.6 Å². The predicted molar refractivity (Wildman–Crippen MR) is 110 cm³/mol. The number of nitro groups is 1. The van der Waals surface area contributed by atoms with Gasteiger partial charge >= 0.3 is 0 Å². The van der Waals surface area contributed by atoms with Gasteiger partial charge in [0, 0.05) is 12.0 Å². The van der Waals surface area contributed by atoms with E-state index in [1.165, 1.54) is 22.4 Å². The molecule has 3 aromatic rings. The van der Waals surface area contributed by atoms with Crippen LogP contribution in [0.15, 0.2) is 66.7 Å². The minimum Gasteiger partial charge on any atom is -0.494 e. The lowest BCUT2D eigenvalue weighted by atomic mass is 9.76. The first-order chi connectivity index (χ1) is 13.7. The molecule has 3 aromatic carbocycles. The third-order valence-corrected chi connectivity index (χ3v) is 6.01. The van der Waals surface area contributed by atoms with Crippen molar-refractivity contribution in [3.05, 3.63) is 88.0 Å². The van der Waals surface area contributed by atoms with Crippen molar-refractivity contribution in [1.82, 2.24) is 0 Å². The molecule has 0 radical (unpaired) electrons. The summed E-state index contributed by atoms with van der Waals surface area (Å²) in [6.07, 6.45) is 5.32. The highest BCUT2D eigenvalue weighted by molar-refractivity contribution is 5.87. The van der Waals surface area contributed by atoms with Crippen LogP contribution >= 0.6 is 0 Å². The van der Waals surface area contributed by atoms with E-state index in [2.05, 4.69) is 59.9 Å². The molecular formula is C23H20N2O3. The molecule has 28 heavy (non-hydrogen) atoms. The standard InChI is InChI=1S/C23H20N2O3/c1-28-21-13-15(25(26)27)12-20-17-9-5-11-19(17)22(24-23(20)21)18-10-4-7-14-6-2-3-8-16(14)18/h2-10,12-13,17,19,22,24H,11H2,1H3/t17-,19+,22+/m0/s1. The highest BCUT2D eigenvalue weighted by Crippen LogP contribution is 2.53. The second-order valence-corrected chi connectivity index (χ2v) is 7.41. The Hall–Kier alpha value is -3.34. The van der Waals surface area contributed by atoms with Crippen LogP contribution in [0.1, 0.15) is 29.5 Å². The van der Waals surface area contributed by atoms with Gasteiger partial charge in [0.05, 0.1) is 29.8 Å². The van der Waals surface area contributed by atoms with E-state index in [4.69, 9.17) is 4.74 Å². The van der Waals surface area contributed by atoms with E-state index in [0.29, 0.717) is 11.7 Å². The van der Waals surface area contributed by atoms with Crippen molar-refractivity contribution in [3.63, 3.8) is 0 Å². The number of nitrogens with zero attached hydrogens (tertiary/aromatic N) is 1. The quantitative estimate of drug-likeness (QED) is 0.370. The van der Waals surface area contributed by atoms with Crippen molar-refractivity contribution in [2.24, 2.45) is 5.92 Å². The van der Waals surface area contributed by atoms with Crippen molar-refractivity contribution >= 4 is 22.1 Å². The predicted octanol–water partition coefficient (Wildman–Crippen LogP) is 5.58. The molecule has 0 saturated heterocycles. The van der Waals surface area contributed by atoms with E-state index in [0.717, 1.165) is 17.7 Å². The van der Waals surface area contributed by atoms with Crippen molar-refractivity contribution in [3.8, 4) is 5.75 Å². The summed E-state index contributed by atoms with van der Waals surface area (Å²) >= 11 is 0. The van der Waals surface area contributed by atoms with E-state index in [-0.39, 0.29) is 22.6 Å². The zero-order valence-corrected chi connectivity index (χ0v) is 15.5. The Morgan fingerprint density at radius 2 is 1.93 bits per heavy atom. The molecule has 0 fully saturated rings. The average molecular weight is 372 g/mol. The van der Waals surface area contributed by atoms with E-state index in [9.17, 15) is 10.1 Å². The molecule has 5 nitrogen and oxygen atoms in total. The molecule has 0 saturated carbocycles. The molecule has 0 bridgehead atoms. The van der Waals surface area contributed by atoms with E-state index >= 15 is 0 Å². The fourth-order valence-electron chi connectivity index (χ4n) is 4.75. The number of methoxy groups -OCH3 is 1. The van der Waals surface area contributed by atoms with Gasteiger partial charge in [0.2, 0.25) is 0 Å². The average Bonchev–Trinajstić information content (AvgIpc) is 3.22. The third-order valence-electron chi connectivity index (χ3n) is 6.01. The van der Waals surface area contributed by atoms with Crippen LogP contribution in [0.4, 0.5) is 11.4 Å². The third kappa shape index (κ3) is 2.47. The number of fused-ring (bicyclic) bond motifs is 4.